The molecule has 1 rings (SSSR count). The van der Waals surface area contributed by atoms with Gasteiger partial charge in [0, 0.05) is 12.6 Å². The van der Waals surface area contributed by atoms with Crippen LogP contribution in [0.1, 0.15) is 18.9 Å². The van der Waals surface area contributed by atoms with Crippen LogP contribution in [-0.4, -0.2) is 23.3 Å². The Morgan fingerprint density at radius 3 is 2.75 bits per heavy atom. The van der Waals surface area contributed by atoms with Crippen molar-refractivity contribution in [3.8, 4) is 0 Å². The van der Waals surface area contributed by atoms with Gasteiger partial charge in [-0.15, -0.1) is 0 Å². The molecule has 4 nitrogen and oxygen atoms in total. The minimum absolute atomic E-state index is 0.170. The van der Waals surface area contributed by atoms with Crippen molar-refractivity contribution >= 4 is 23.4 Å². The first kappa shape index (κ1) is 12.6. The van der Waals surface area contributed by atoms with Gasteiger partial charge in [-0.3, -0.25) is 9.59 Å². The average Bonchev–Trinajstić information content (AvgIpc) is 2.21. The lowest BCUT2D eigenvalue weighted by atomic mass is 10.1. The zero-order chi connectivity index (χ0) is 12.0. The van der Waals surface area contributed by atoms with Gasteiger partial charge in [0.1, 0.15) is 17.4 Å². The summed E-state index contributed by atoms with van der Waals surface area (Å²) in [7, 11) is 0. The summed E-state index contributed by atoms with van der Waals surface area (Å²) in [4.78, 5) is 26.3. The maximum absolute atomic E-state index is 11.4. The molecule has 1 heterocycles. The number of nitrogens with zero attached hydrogens (tertiary/aromatic N) is 1. The fraction of sp³-hybridized carbons (Fsp3) is 0.364. The molecule has 0 fully saturated rings. The number of halogens is 1. The Kier molecular flexibility index (Phi) is 4.92. The largest absolute Gasteiger partial charge is 0.466 e. The second-order valence-electron chi connectivity index (χ2n) is 3.19. The van der Waals surface area contributed by atoms with Crippen molar-refractivity contribution in [1.82, 2.24) is 4.98 Å². The van der Waals surface area contributed by atoms with E-state index in [1.54, 1.807) is 19.1 Å². The van der Waals surface area contributed by atoms with Gasteiger partial charge in [-0.2, -0.15) is 0 Å². The lowest BCUT2D eigenvalue weighted by Gasteiger charge is -2.01. The van der Waals surface area contributed by atoms with E-state index >= 15 is 0 Å². The standard InChI is InChI=1S/C11H12ClNO3/c1-2-16-11(15)6-9(14)5-8-3-4-10(12)13-7-8/h3-4,7H,2,5-6H2,1H3. The second-order valence-corrected chi connectivity index (χ2v) is 3.57. The number of Topliss-reactive ketones (excluding diaryl/α,β-unsaturated/α-hetero) is 1. The van der Waals surface area contributed by atoms with Gasteiger partial charge in [0.2, 0.25) is 0 Å². The molecule has 0 radical (unpaired) electrons. The van der Waals surface area contributed by atoms with E-state index in [1.165, 1.54) is 6.20 Å². The molecule has 0 aliphatic carbocycles. The average molecular weight is 242 g/mol. The molecule has 16 heavy (non-hydrogen) atoms. The van der Waals surface area contributed by atoms with Gasteiger partial charge >= 0.3 is 5.97 Å². The lowest BCUT2D eigenvalue weighted by molar-refractivity contribution is -0.145. The number of esters is 1. The van der Waals surface area contributed by atoms with Crippen molar-refractivity contribution in [3.63, 3.8) is 0 Å². The summed E-state index contributed by atoms with van der Waals surface area (Å²) in [6, 6.07) is 3.31. The van der Waals surface area contributed by atoms with E-state index in [4.69, 9.17) is 11.6 Å². The van der Waals surface area contributed by atoms with E-state index in [0.29, 0.717) is 5.15 Å². The van der Waals surface area contributed by atoms with Crippen LogP contribution in [-0.2, 0) is 20.7 Å². The molecule has 0 aromatic carbocycles. The minimum Gasteiger partial charge on any atom is -0.466 e. The molecule has 0 atom stereocenters. The number of carbonyl (C=O) groups excluding carboxylic acids is 2. The molecular weight excluding hydrogens is 230 g/mol. The van der Waals surface area contributed by atoms with Gasteiger partial charge in [0.05, 0.1) is 6.61 Å². The molecule has 0 N–H and O–H groups in total. The molecule has 0 saturated carbocycles. The molecule has 86 valence electrons. The fourth-order valence-electron chi connectivity index (χ4n) is 1.17. The van der Waals surface area contributed by atoms with Crippen LogP contribution in [0.25, 0.3) is 0 Å². The summed E-state index contributed by atoms with van der Waals surface area (Å²) in [5.74, 6) is -0.683. The number of pyridine rings is 1. The SMILES string of the molecule is CCOC(=O)CC(=O)Cc1ccc(Cl)nc1. The van der Waals surface area contributed by atoms with Crippen LogP contribution in [0.5, 0.6) is 0 Å². The zero-order valence-corrected chi connectivity index (χ0v) is 9.66. The third kappa shape index (κ3) is 4.40. The van der Waals surface area contributed by atoms with Crippen LogP contribution in [0.3, 0.4) is 0 Å². The summed E-state index contributed by atoms with van der Waals surface area (Å²) < 4.78 is 4.67. The van der Waals surface area contributed by atoms with Crippen LogP contribution in [0, 0.1) is 0 Å². The second kappa shape index (κ2) is 6.23. The van der Waals surface area contributed by atoms with Gasteiger partial charge < -0.3 is 4.74 Å². The van der Waals surface area contributed by atoms with Crippen molar-refractivity contribution in [2.75, 3.05) is 6.61 Å². The van der Waals surface area contributed by atoms with Crippen molar-refractivity contribution in [1.29, 1.82) is 0 Å². The predicted octanol–water partition coefficient (Wildman–Crippen LogP) is 1.80. The summed E-state index contributed by atoms with van der Waals surface area (Å²) >= 11 is 5.60. The van der Waals surface area contributed by atoms with E-state index < -0.39 is 5.97 Å². The van der Waals surface area contributed by atoms with Gasteiger partial charge in [0.15, 0.2) is 0 Å². The number of aromatic nitrogens is 1. The number of rotatable bonds is 5. The van der Waals surface area contributed by atoms with E-state index in [0.717, 1.165) is 5.56 Å². The smallest absolute Gasteiger partial charge is 0.313 e. The first-order valence-electron chi connectivity index (χ1n) is 4.89. The molecule has 1 aromatic rings. The highest BCUT2D eigenvalue weighted by molar-refractivity contribution is 6.29. The normalized spacial score (nSPS) is 9.88. The summed E-state index contributed by atoms with van der Waals surface area (Å²) in [5, 5.41) is 0.376. The zero-order valence-electron chi connectivity index (χ0n) is 8.90. The predicted molar refractivity (Wildman–Crippen MR) is 59.2 cm³/mol. The van der Waals surface area contributed by atoms with Gasteiger partial charge in [-0.05, 0) is 18.6 Å². The Morgan fingerprint density at radius 1 is 1.44 bits per heavy atom. The minimum atomic E-state index is -0.491. The molecule has 0 amide bonds. The molecule has 0 aliphatic heterocycles. The molecule has 0 spiro atoms. The number of hydrogen-bond acceptors (Lipinski definition) is 4. The molecule has 0 saturated heterocycles. The summed E-state index contributed by atoms with van der Waals surface area (Å²) in [5.41, 5.74) is 0.735. The third-order valence-electron chi connectivity index (χ3n) is 1.84. The monoisotopic (exact) mass is 241 g/mol. The molecule has 5 heteroatoms. The highest BCUT2D eigenvalue weighted by Crippen LogP contribution is 2.07. The molecule has 1 aromatic heterocycles. The van der Waals surface area contributed by atoms with Crippen molar-refractivity contribution in [3.05, 3.63) is 29.0 Å². The Labute approximate surface area is 98.6 Å². The summed E-state index contributed by atoms with van der Waals surface area (Å²) in [6.07, 6.45) is 1.49. The Balaban J connectivity index is 2.45. The molecule has 0 aliphatic rings. The third-order valence-corrected chi connectivity index (χ3v) is 2.06. The summed E-state index contributed by atoms with van der Waals surface area (Å²) in [6.45, 7) is 1.99. The van der Waals surface area contributed by atoms with Crippen LogP contribution in [0.4, 0.5) is 0 Å². The molecule has 0 bridgehead atoms. The van der Waals surface area contributed by atoms with Crippen molar-refractivity contribution in [2.24, 2.45) is 0 Å². The molecular formula is C11H12ClNO3. The van der Waals surface area contributed by atoms with E-state index in [1.807, 2.05) is 0 Å². The van der Waals surface area contributed by atoms with Crippen LogP contribution >= 0.6 is 11.6 Å². The number of carbonyl (C=O) groups is 2. The van der Waals surface area contributed by atoms with Crippen molar-refractivity contribution in [2.45, 2.75) is 19.8 Å². The van der Waals surface area contributed by atoms with Crippen LogP contribution in [0.15, 0.2) is 18.3 Å². The molecule has 0 unspecified atom stereocenters. The fourth-order valence-corrected chi connectivity index (χ4v) is 1.29. The first-order chi connectivity index (χ1) is 7.61. The van der Waals surface area contributed by atoms with Gasteiger partial charge in [-0.25, -0.2) is 4.98 Å². The Bertz CT molecular complexity index is 375. The van der Waals surface area contributed by atoms with Crippen LogP contribution < -0.4 is 0 Å². The van der Waals surface area contributed by atoms with Crippen molar-refractivity contribution < 1.29 is 14.3 Å². The maximum Gasteiger partial charge on any atom is 0.313 e. The number of ether oxygens (including phenoxy) is 1. The lowest BCUT2D eigenvalue weighted by Crippen LogP contribution is -2.13. The van der Waals surface area contributed by atoms with E-state index in [9.17, 15) is 9.59 Å². The topological polar surface area (TPSA) is 56.3 Å². The Morgan fingerprint density at radius 2 is 2.19 bits per heavy atom. The number of ketones is 1. The Hall–Kier alpha value is -1.42. The van der Waals surface area contributed by atoms with Gasteiger partial charge in [0.25, 0.3) is 0 Å². The number of hydrogen-bond donors (Lipinski definition) is 0. The van der Waals surface area contributed by atoms with E-state index in [-0.39, 0.29) is 25.2 Å². The first-order valence-corrected chi connectivity index (χ1v) is 5.27. The van der Waals surface area contributed by atoms with E-state index in [2.05, 4.69) is 9.72 Å². The highest BCUT2D eigenvalue weighted by atomic mass is 35.5. The maximum atomic E-state index is 11.4. The highest BCUT2D eigenvalue weighted by Gasteiger charge is 2.10. The van der Waals surface area contributed by atoms with Crippen LogP contribution in [0.2, 0.25) is 5.15 Å². The quantitative estimate of drug-likeness (QED) is 0.448. The van der Waals surface area contributed by atoms with Gasteiger partial charge in [-0.1, -0.05) is 17.7 Å².